The quantitative estimate of drug-likeness (QED) is 0.842. The molecule has 0 bridgehead atoms. The van der Waals surface area contributed by atoms with Crippen molar-refractivity contribution >= 4 is 34.2 Å². The van der Waals surface area contributed by atoms with Crippen LogP contribution in [0.4, 0.5) is 5.69 Å². The number of carbonyl (C=O) groups excluding carboxylic acids is 3. The van der Waals surface area contributed by atoms with E-state index < -0.39 is 17.8 Å². The SMILES string of the molecule is COC(=O)C1=C(C)NC(=O)CC1C(=O)Nc1cccc2ccccc12. The standard InChI is InChI=1S/C19H18N2O4/c1-11-17(19(24)25-2)14(10-16(22)20-11)18(23)21-15-9-5-7-12-6-3-4-8-13(12)15/h3-9,14H,10H2,1-2H3,(H,20,22)(H,21,23). The van der Waals surface area contributed by atoms with Gasteiger partial charge < -0.3 is 15.4 Å². The Bertz CT molecular complexity index is 896. The minimum Gasteiger partial charge on any atom is -0.466 e. The van der Waals surface area contributed by atoms with Crippen LogP contribution in [0.3, 0.4) is 0 Å². The maximum Gasteiger partial charge on any atom is 0.336 e. The van der Waals surface area contributed by atoms with E-state index in [0.717, 1.165) is 10.8 Å². The highest BCUT2D eigenvalue weighted by atomic mass is 16.5. The Morgan fingerprint density at radius 2 is 1.88 bits per heavy atom. The van der Waals surface area contributed by atoms with E-state index in [2.05, 4.69) is 10.6 Å². The number of rotatable bonds is 3. The first kappa shape index (κ1) is 16.7. The second-order valence-electron chi connectivity index (χ2n) is 5.85. The normalized spacial score (nSPS) is 17.2. The van der Waals surface area contributed by atoms with E-state index in [1.807, 2.05) is 36.4 Å². The minimum atomic E-state index is -0.889. The smallest absolute Gasteiger partial charge is 0.336 e. The van der Waals surface area contributed by atoms with E-state index in [1.165, 1.54) is 7.11 Å². The molecule has 25 heavy (non-hydrogen) atoms. The molecule has 2 amide bonds. The predicted molar refractivity (Wildman–Crippen MR) is 93.5 cm³/mol. The molecule has 0 fully saturated rings. The number of methoxy groups -OCH3 is 1. The lowest BCUT2D eigenvalue weighted by Gasteiger charge is -2.25. The van der Waals surface area contributed by atoms with Crippen molar-refractivity contribution < 1.29 is 19.1 Å². The Morgan fingerprint density at radius 1 is 1.16 bits per heavy atom. The zero-order valence-electron chi connectivity index (χ0n) is 14.0. The number of benzene rings is 2. The Labute approximate surface area is 144 Å². The van der Waals surface area contributed by atoms with Crippen molar-refractivity contribution in [1.29, 1.82) is 0 Å². The maximum atomic E-state index is 12.8. The van der Waals surface area contributed by atoms with Crippen LogP contribution in [-0.2, 0) is 19.1 Å². The molecule has 128 valence electrons. The van der Waals surface area contributed by atoms with Crippen LogP contribution in [0, 0.1) is 5.92 Å². The zero-order valence-corrected chi connectivity index (χ0v) is 14.0. The second kappa shape index (κ2) is 6.76. The Kier molecular flexibility index (Phi) is 4.52. The number of esters is 1. The number of carbonyl (C=O) groups is 3. The fourth-order valence-electron chi connectivity index (χ4n) is 3.06. The van der Waals surface area contributed by atoms with Crippen LogP contribution >= 0.6 is 0 Å². The molecule has 0 saturated carbocycles. The van der Waals surface area contributed by atoms with Crippen molar-refractivity contribution in [2.75, 3.05) is 12.4 Å². The monoisotopic (exact) mass is 338 g/mol. The van der Waals surface area contributed by atoms with Gasteiger partial charge in [-0.3, -0.25) is 9.59 Å². The van der Waals surface area contributed by atoms with E-state index in [1.54, 1.807) is 13.0 Å². The molecule has 1 heterocycles. The van der Waals surface area contributed by atoms with Gasteiger partial charge in [0.1, 0.15) is 0 Å². The first-order valence-electron chi connectivity index (χ1n) is 7.89. The third kappa shape index (κ3) is 3.24. The third-order valence-corrected chi connectivity index (χ3v) is 4.24. The number of anilines is 1. The molecule has 2 aromatic rings. The summed E-state index contributed by atoms with van der Waals surface area (Å²) < 4.78 is 4.77. The van der Waals surface area contributed by atoms with E-state index >= 15 is 0 Å². The molecule has 3 rings (SSSR count). The third-order valence-electron chi connectivity index (χ3n) is 4.24. The molecule has 2 N–H and O–H groups in total. The first-order chi connectivity index (χ1) is 12.0. The van der Waals surface area contributed by atoms with Gasteiger partial charge in [-0.05, 0) is 18.4 Å². The van der Waals surface area contributed by atoms with Crippen LogP contribution in [0.15, 0.2) is 53.7 Å². The van der Waals surface area contributed by atoms with Crippen molar-refractivity contribution in [2.45, 2.75) is 13.3 Å². The van der Waals surface area contributed by atoms with Crippen LogP contribution in [-0.4, -0.2) is 24.9 Å². The largest absolute Gasteiger partial charge is 0.466 e. The highest BCUT2D eigenvalue weighted by Crippen LogP contribution is 2.28. The lowest BCUT2D eigenvalue weighted by molar-refractivity contribution is -0.139. The highest BCUT2D eigenvalue weighted by molar-refractivity contribution is 6.09. The highest BCUT2D eigenvalue weighted by Gasteiger charge is 2.36. The fourth-order valence-corrected chi connectivity index (χ4v) is 3.06. The van der Waals surface area contributed by atoms with Gasteiger partial charge in [0.2, 0.25) is 11.8 Å². The number of hydrogen-bond acceptors (Lipinski definition) is 4. The van der Waals surface area contributed by atoms with Gasteiger partial charge in [0.25, 0.3) is 0 Å². The van der Waals surface area contributed by atoms with Gasteiger partial charge in [0.15, 0.2) is 0 Å². The van der Waals surface area contributed by atoms with Crippen molar-refractivity contribution in [2.24, 2.45) is 5.92 Å². The molecule has 0 spiro atoms. The number of allylic oxidation sites excluding steroid dienone is 1. The van der Waals surface area contributed by atoms with Crippen LogP contribution in [0.25, 0.3) is 10.8 Å². The second-order valence-corrected chi connectivity index (χ2v) is 5.85. The van der Waals surface area contributed by atoms with E-state index in [-0.39, 0.29) is 17.9 Å². The molecule has 1 aliphatic heterocycles. The summed E-state index contributed by atoms with van der Waals surface area (Å²) in [5.74, 6) is -2.22. The number of hydrogen-bond donors (Lipinski definition) is 2. The summed E-state index contributed by atoms with van der Waals surface area (Å²) in [5.41, 5.74) is 1.16. The summed E-state index contributed by atoms with van der Waals surface area (Å²) >= 11 is 0. The lowest BCUT2D eigenvalue weighted by atomic mass is 9.89. The van der Waals surface area contributed by atoms with Gasteiger partial charge in [-0.2, -0.15) is 0 Å². The Balaban J connectivity index is 1.95. The van der Waals surface area contributed by atoms with Gasteiger partial charge in [-0.15, -0.1) is 0 Å². The Hall–Kier alpha value is -3.15. The molecule has 0 saturated heterocycles. The maximum absolute atomic E-state index is 12.8. The molecule has 0 radical (unpaired) electrons. The molecular weight excluding hydrogens is 320 g/mol. The number of fused-ring (bicyclic) bond motifs is 1. The van der Waals surface area contributed by atoms with Crippen molar-refractivity contribution in [3.05, 3.63) is 53.7 Å². The van der Waals surface area contributed by atoms with Crippen molar-refractivity contribution in [3.63, 3.8) is 0 Å². The topological polar surface area (TPSA) is 84.5 Å². The van der Waals surface area contributed by atoms with E-state index in [0.29, 0.717) is 11.4 Å². The molecular formula is C19H18N2O4. The van der Waals surface area contributed by atoms with Gasteiger partial charge in [-0.25, -0.2) is 4.79 Å². The van der Waals surface area contributed by atoms with Crippen molar-refractivity contribution in [1.82, 2.24) is 5.32 Å². The van der Waals surface area contributed by atoms with Gasteiger partial charge in [-0.1, -0.05) is 36.4 Å². The average molecular weight is 338 g/mol. The van der Waals surface area contributed by atoms with Gasteiger partial charge in [0, 0.05) is 23.2 Å². The molecule has 1 unspecified atom stereocenters. The molecule has 1 aliphatic rings. The summed E-state index contributed by atoms with van der Waals surface area (Å²) in [4.78, 5) is 36.7. The number of ether oxygens (including phenoxy) is 1. The van der Waals surface area contributed by atoms with Gasteiger partial charge >= 0.3 is 5.97 Å². The first-order valence-corrected chi connectivity index (χ1v) is 7.89. The fraction of sp³-hybridized carbons (Fsp3) is 0.211. The molecule has 0 aliphatic carbocycles. The zero-order chi connectivity index (χ0) is 18.0. The molecule has 6 nitrogen and oxygen atoms in total. The number of amides is 2. The molecule has 6 heteroatoms. The molecule has 1 atom stereocenters. The molecule has 0 aromatic heterocycles. The predicted octanol–water partition coefficient (Wildman–Crippen LogP) is 2.36. The lowest BCUT2D eigenvalue weighted by Crippen LogP contribution is -2.40. The Morgan fingerprint density at radius 3 is 2.64 bits per heavy atom. The number of nitrogens with one attached hydrogen (secondary N) is 2. The average Bonchev–Trinajstić information content (AvgIpc) is 2.60. The van der Waals surface area contributed by atoms with Crippen LogP contribution in [0.2, 0.25) is 0 Å². The van der Waals surface area contributed by atoms with E-state index in [4.69, 9.17) is 4.74 Å². The van der Waals surface area contributed by atoms with Crippen LogP contribution < -0.4 is 10.6 Å². The minimum absolute atomic E-state index is 0.0988. The van der Waals surface area contributed by atoms with Crippen molar-refractivity contribution in [3.8, 4) is 0 Å². The summed E-state index contributed by atoms with van der Waals surface area (Å²) in [7, 11) is 1.25. The summed E-state index contributed by atoms with van der Waals surface area (Å²) in [5, 5.41) is 7.30. The molecule has 2 aromatic carbocycles. The van der Waals surface area contributed by atoms with Crippen LogP contribution in [0.5, 0.6) is 0 Å². The van der Waals surface area contributed by atoms with Crippen LogP contribution in [0.1, 0.15) is 13.3 Å². The summed E-state index contributed by atoms with van der Waals surface area (Å²) in [6, 6.07) is 13.2. The van der Waals surface area contributed by atoms with Gasteiger partial charge in [0.05, 0.1) is 18.6 Å². The summed E-state index contributed by atoms with van der Waals surface area (Å²) in [6.07, 6.45) is -0.0988. The van der Waals surface area contributed by atoms with E-state index in [9.17, 15) is 14.4 Å². The summed E-state index contributed by atoms with van der Waals surface area (Å²) in [6.45, 7) is 1.58.